The van der Waals surface area contributed by atoms with Gasteiger partial charge in [0.2, 0.25) is 0 Å². The third-order valence-corrected chi connectivity index (χ3v) is 6.18. The molecular formula is C25H29F3N6O2. The number of carbonyl (C=O) groups is 1. The molecule has 0 radical (unpaired) electrons. The lowest BCUT2D eigenvalue weighted by Crippen LogP contribution is -2.46. The van der Waals surface area contributed by atoms with Crippen LogP contribution in [0.1, 0.15) is 29.5 Å². The number of carboxylic acids is 1. The van der Waals surface area contributed by atoms with E-state index in [2.05, 4.69) is 52.1 Å². The Morgan fingerprint density at radius 3 is 2.42 bits per heavy atom. The van der Waals surface area contributed by atoms with Crippen molar-refractivity contribution in [1.82, 2.24) is 19.9 Å². The molecule has 2 aromatic heterocycles. The fraction of sp³-hybridized carbons (Fsp3) is 0.440. The molecule has 3 aromatic rings. The number of hydrogen-bond acceptors (Lipinski definition) is 7. The summed E-state index contributed by atoms with van der Waals surface area (Å²) in [5.74, 6) is -0.856. The van der Waals surface area contributed by atoms with E-state index in [1.165, 1.54) is 29.5 Å². The molecule has 0 atom stereocenters. The predicted molar refractivity (Wildman–Crippen MR) is 131 cm³/mol. The average molecular weight is 503 g/mol. The van der Waals surface area contributed by atoms with E-state index >= 15 is 0 Å². The van der Waals surface area contributed by atoms with Crippen molar-refractivity contribution in [2.45, 2.75) is 45.5 Å². The summed E-state index contributed by atoms with van der Waals surface area (Å²) in [5, 5.41) is 10.7. The molecule has 2 N–H and O–H groups in total. The molecule has 2 aliphatic rings. The quantitative estimate of drug-likeness (QED) is 0.537. The Kier molecular flexibility index (Phi) is 7.58. The average Bonchev–Trinajstić information content (AvgIpc) is 3.65. The lowest BCUT2D eigenvalue weighted by molar-refractivity contribution is -0.192. The van der Waals surface area contributed by atoms with Crippen LogP contribution in [0.2, 0.25) is 0 Å². The van der Waals surface area contributed by atoms with Crippen molar-refractivity contribution in [3.63, 3.8) is 0 Å². The molecule has 1 aliphatic carbocycles. The van der Waals surface area contributed by atoms with E-state index in [-0.39, 0.29) is 0 Å². The number of hydrogen-bond donors (Lipinski definition) is 2. The van der Waals surface area contributed by atoms with Crippen LogP contribution in [0.15, 0.2) is 36.7 Å². The van der Waals surface area contributed by atoms with E-state index in [9.17, 15) is 13.2 Å². The smallest absolute Gasteiger partial charge is 0.475 e. The molecule has 0 amide bonds. The van der Waals surface area contributed by atoms with Crippen LogP contribution in [0.5, 0.6) is 0 Å². The number of pyridine rings is 1. The number of anilines is 2. The number of aliphatic carboxylic acids is 1. The Hall–Kier alpha value is -3.47. The highest BCUT2D eigenvalue weighted by atomic mass is 19.4. The predicted octanol–water partition coefficient (Wildman–Crippen LogP) is 4.17. The van der Waals surface area contributed by atoms with Gasteiger partial charge in [-0.25, -0.2) is 14.8 Å². The van der Waals surface area contributed by atoms with Gasteiger partial charge in [0.15, 0.2) is 11.6 Å². The molecule has 2 fully saturated rings. The number of piperazine rings is 1. The normalized spacial score (nSPS) is 16.4. The lowest BCUT2D eigenvalue weighted by Gasteiger charge is -2.36. The molecule has 5 rings (SSSR count). The molecule has 1 saturated heterocycles. The number of carboxylic acid groups (broad SMARTS) is 1. The summed E-state index contributed by atoms with van der Waals surface area (Å²) < 4.78 is 31.7. The van der Waals surface area contributed by atoms with E-state index < -0.39 is 12.1 Å². The summed E-state index contributed by atoms with van der Waals surface area (Å²) in [6, 6.07) is 9.23. The number of nitrogens with zero attached hydrogens (tertiary/aromatic N) is 5. The minimum Gasteiger partial charge on any atom is -0.475 e. The SMILES string of the molecule is Cc1ccc(C)c(CN2CCN(c3nc4cnccc4nc3NC3CC3)CC2)c1.O=C(O)C(F)(F)F. The zero-order chi connectivity index (χ0) is 25.9. The fourth-order valence-electron chi connectivity index (χ4n) is 3.96. The Bertz CT molecular complexity index is 1220. The number of halogens is 3. The van der Waals surface area contributed by atoms with Crippen molar-refractivity contribution in [2.75, 3.05) is 36.4 Å². The zero-order valence-corrected chi connectivity index (χ0v) is 20.2. The zero-order valence-electron chi connectivity index (χ0n) is 20.2. The van der Waals surface area contributed by atoms with Gasteiger partial charge in [0.1, 0.15) is 5.52 Å². The molecule has 1 saturated carbocycles. The molecule has 0 spiro atoms. The molecule has 1 aliphatic heterocycles. The number of fused-ring (bicyclic) bond motifs is 1. The molecule has 36 heavy (non-hydrogen) atoms. The van der Waals surface area contributed by atoms with E-state index in [1.54, 1.807) is 6.20 Å². The maximum Gasteiger partial charge on any atom is 0.490 e. The first-order valence-corrected chi connectivity index (χ1v) is 11.8. The van der Waals surface area contributed by atoms with E-state index in [4.69, 9.17) is 19.9 Å². The molecule has 0 bridgehead atoms. The first-order valence-electron chi connectivity index (χ1n) is 11.8. The van der Waals surface area contributed by atoms with Crippen molar-refractivity contribution in [2.24, 2.45) is 0 Å². The largest absolute Gasteiger partial charge is 0.490 e. The Morgan fingerprint density at radius 2 is 1.78 bits per heavy atom. The van der Waals surface area contributed by atoms with Gasteiger partial charge in [0.25, 0.3) is 0 Å². The standard InChI is InChI=1S/C23H28N6.C2HF3O2/c1-16-3-4-17(2)18(13-16)15-28-9-11-29(12-10-28)23-22(25-19-5-6-19)26-20-7-8-24-14-21(20)27-23;3-2(4,5)1(6)7/h3-4,7-8,13-14,19H,5-6,9-12,15H2,1-2H3,(H,25,26);(H,6,7). The van der Waals surface area contributed by atoms with Crippen LogP contribution in [0.3, 0.4) is 0 Å². The number of rotatable bonds is 5. The third-order valence-electron chi connectivity index (χ3n) is 6.18. The van der Waals surface area contributed by atoms with Gasteiger partial charge in [-0.15, -0.1) is 0 Å². The Labute approximate surface area is 207 Å². The van der Waals surface area contributed by atoms with Crippen molar-refractivity contribution in [3.05, 3.63) is 53.3 Å². The maximum atomic E-state index is 10.6. The van der Waals surface area contributed by atoms with Crippen molar-refractivity contribution < 1.29 is 23.1 Å². The van der Waals surface area contributed by atoms with Gasteiger partial charge in [-0.05, 0) is 43.9 Å². The van der Waals surface area contributed by atoms with Crippen LogP contribution in [0.4, 0.5) is 24.8 Å². The summed E-state index contributed by atoms with van der Waals surface area (Å²) in [6.07, 6.45) is 0.950. The second-order valence-corrected chi connectivity index (χ2v) is 9.17. The number of alkyl halides is 3. The van der Waals surface area contributed by atoms with Gasteiger partial charge in [-0.3, -0.25) is 9.88 Å². The second-order valence-electron chi connectivity index (χ2n) is 9.17. The molecule has 1 aromatic carbocycles. The van der Waals surface area contributed by atoms with E-state index in [0.717, 1.165) is 55.4 Å². The summed E-state index contributed by atoms with van der Waals surface area (Å²) in [5.41, 5.74) is 5.91. The highest BCUT2D eigenvalue weighted by Crippen LogP contribution is 2.31. The second kappa shape index (κ2) is 10.7. The van der Waals surface area contributed by atoms with Crippen LogP contribution >= 0.6 is 0 Å². The van der Waals surface area contributed by atoms with Gasteiger partial charge >= 0.3 is 12.1 Å². The molecule has 0 unspecified atom stereocenters. The Balaban J connectivity index is 0.000000384. The molecule has 3 heterocycles. The maximum absolute atomic E-state index is 10.6. The highest BCUT2D eigenvalue weighted by Gasteiger charge is 2.38. The number of aromatic nitrogens is 3. The van der Waals surface area contributed by atoms with Crippen LogP contribution in [-0.2, 0) is 11.3 Å². The van der Waals surface area contributed by atoms with Crippen molar-refractivity contribution >= 4 is 28.6 Å². The summed E-state index contributed by atoms with van der Waals surface area (Å²) in [7, 11) is 0. The molecule has 11 heteroatoms. The van der Waals surface area contributed by atoms with Crippen molar-refractivity contribution in [1.29, 1.82) is 0 Å². The van der Waals surface area contributed by atoms with Crippen LogP contribution in [0, 0.1) is 13.8 Å². The van der Waals surface area contributed by atoms with Crippen LogP contribution in [-0.4, -0.2) is 69.3 Å². The summed E-state index contributed by atoms with van der Waals surface area (Å²) >= 11 is 0. The van der Waals surface area contributed by atoms with Gasteiger partial charge in [0, 0.05) is 45.0 Å². The summed E-state index contributed by atoms with van der Waals surface area (Å²) in [6.45, 7) is 9.38. The van der Waals surface area contributed by atoms with Gasteiger partial charge in [-0.1, -0.05) is 23.8 Å². The third kappa shape index (κ3) is 6.60. The number of aryl methyl sites for hydroxylation is 2. The first-order chi connectivity index (χ1) is 17.1. The minimum atomic E-state index is -5.08. The monoisotopic (exact) mass is 502 g/mol. The Morgan fingerprint density at radius 1 is 1.08 bits per heavy atom. The fourth-order valence-corrected chi connectivity index (χ4v) is 3.96. The van der Waals surface area contributed by atoms with Gasteiger partial charge in [-0.2, -0.15) is 13.2 Å². The van der Waals surface area contributed by atoms with Crippen LogP contribution in [0.25, 0.3) is 11.0 Å². The molecule has 8 nitrogen and oxygen atoms in total. The van der Waals surface area contributed by atoms with E-state index in [0.29, 0.717) is 6.04 Å². The highest BCUT2D eigenvalue weighted by molar-refractivity contribution is 5.80. The van der Waals surface area contributed by atoms with Crippen molar-refractivity contribution in [3.8, 4) is 0 Å². The molecule has 192 valence electrons. The minimum absolute atomic E-state index is 0.549. The lowest BCUT2D eigenvalue weighted by atomic mass is 10.0. The topological polar surface area (TPSA) is 94.5 Å². The summed E-state index contributed by atoms with van der Waals surface area (Å²) in [4.78, 5) is 27.8. The number of benzene rings is 1. The van der Waals surface area contributed by atoms with Gasteiger partial charge < -0.3 is 15.3 Å². The number of nitrogens with one attached hydrogen (secondary N) is 1. The van der Waals surface area contributed by atoms with E-state index in [1.807, 2.05) is 12.3 Å². The van der Waals surface area contributed by atoms with Gasteiger partial charge in [0.05, 0.1) is 11.7 Å². The van der Waals surface area contributed by atoms with Crippen LogP contribution < -0.4 is 10.2 Å². The molecular weight excluding hydrogens is 473 g/mol. The first kappa shape index (κ1) is 25.6.